The first-order valence-electron chi connectivity index (χ1n) is 8.80. The molecule has 27 heavy (non-hydrogen) atoms. The highest BCUT2D eigenvalue weighted by Crippen LogP contribution is 2.34. The van der Waals surface area contributed by atoms with Crippen LogP contribution in [0, 0.1) is 13.8 Å². The minimum atomic E-state index is -0.0632. The summed E-state index contributed by atoms with van der Waals surface area (Å²) in [6, 6.07) is 5.77. The first-order valence-corrected chi connectivity index (χ1v) is 9.17. The van der Waals surface area contributed by atoms with E-state index in [2.05, 4.69) is 21.6 Å². The normalized spacial score (nSPS) is 13.6. The van der Waals surface area contributed by atoms with Crippen molar-refractivity contribution >= 4 is 11.6 Å². The Morgan fingerprint density at radius 2 is 2.07 bits per heavy atom. The van der Waals surface area contributed by atoms with Crippen LogP contribution in [0.4, 0.5) is 0 Å². The molecule has 4 heterocycles. The number of aryl methyl sites for hydroxylation is 2. The van der Waals surface area contributed by atoms with Gasteiger partial charge in [-0.3, -0.25) is 4.68 Å². The Hall–Kier alpha value is -2.93. The summed E-state index contributed by atoms with van der Waals surface area (Å²) in [5.41, 5.74) is 5.14. The maximum absolute atomic E-state index is 6.30. The van der Waals surface area contributed by atoms with Gasteiger partial charge in [-0.15, -0.1) is 0 Å². The van der Waals surface area contributed by atoms with E-state index in [1.165, 1.54) is 0 Å². The van der Waals surface area contributed by atoms with Gasteiger partial charge < -0.3 is 4.57 Å². The summed E-state index contributed by atoms with van der Waals surface area (Å²) in [6.45, 7) is 6.69. The molecular weight excluding hydrogens is 362 g/mol. The molecule has 0 spiro atoms. The van der Waals surface area contributed by atoms with Crippen LogP contribution < -0.4 is 0 Å². The van der Waals surface area contributed by atoms with Crippen LogP contribution in [-0.4, -0.2) is 34.1 Å². The van der Waals surface area contributed by atoms with Gasteiger partial charge in [0.2, 0.25) is 0 Å². The molecule has 5 rings (SSSR count). The number of fused-ring (bicyclic) bond motifs is 5. The number of aromatic nitrogens is 7. The quantitative estimate of drug-likeness (QED) is 0.470. The van der Waals surface area contributed by atoms with Crippen LogP contribution >= 0.6 is 11.6 Å². The van der Waals surface area contributed by atoms with Crippen molar-refractivity contribution in [2.75, 3.05) is 0 Å². The number of rotatable bonds is 2. The fourth-order valence-electron chi connectivity index (χ4n) is 3.51. The van der Waals surface area contributed by atoms with Crippen molar-refractivity contribution in [2.24, 2.45) is 0 Å². The molecule has 1 unspecified atom stereocenters. The molecule has 1 aromatic carbocycles. The van der Waals surface area contributed by atoms with E-state index >= 15 is 0 Å². The van der Waals surface area contributed by atoms with Gasteiger partial charge in [-0.1, -0.05) is 11.6 Å². The molecule has 1 atom stereocenters. The Bertz CT molecular complexity index is 1170. The zero-order chi connectivity index (χ0) is 18.7. The van der Waals surface area contributed by atoms with Crippen LogP contribution in [-0.2, 0) is 6.54 Å². The minimum Gasteiger partial charge on any atom is -0.300 e. The molecule has 1 aliphatic rings. The van der Waals surface area contributed by atoms with Gasteiger partial charge in [-0.2, -0.15) is 10.2 Å². The first kappa shape index (κ1) is 16.3. The lowest BCUT2D eigenvalue weighted by molar-refractivity contribution is 0.527. The van der Waals surface area contributed by atoms with Gasteiger partial charge in [-0.05, 0) is 44.5 Å². The number of hydrogen-bond donors (Lipinski definition) is 0. The molecular formula is C19H18ClN7. The highest BCUT2D eigenvalue weighted by molar-refractivity contribution is 6.31. The zero-order valence-electron chi connectivity index (χ0n) is 15.3. The third-order valence-corrected chi connectivity index (χ3v) is 5.26. The molecule has 0 aliphatic carbocycles. The second-order valence-electron chi connectivity index (χ2n) is 6.93. The second kappa shape index (κ2) is 5.79. The van der Waals surface area contributed by atoms with Crippen LogP contribution in [0.2, 0.25) is 5.02 Å². The predicted octanol–water partition coefficient (Wildman–Crippen LogP) is 3.57. The van der Waals surface area contributed by atoms with Gasteiger partial charge in [0, 0.05) is 16.8 Å². The van der Waals surface area contributed by atoms with Crippen molar-refractivity contribution in [2.45, 2.75) is 33.4 Å². The molecule has 0 saturated heterocycles. The van der Waals surface area contributed by atoms with Crippen molar-refractivity contribution < 1.29 is 0 Å². The lowest BCUT2D eigenvalue weighted by atomic mass is 10.1. The van der Waals surface area contributed by atoms with E-state index in [0.29, 0.717) is 11.6 Å². The summed E-state index contributed by atoms with van der Waals surface area (Å²) in [6.07, 6.45) is 5.69. The van der Waals surface area contributed by atoms with Crippen molar-refractivity contribution in [1.29, 1.82) is 0 Å². The van der Waals surface area contributed by atoms with Gasteiger partial charge in [0.05, 0.1) is 36.1 Å². The molecule has 0 bridgehead atoms. The third-order valence-electron chi connectivity index (χ3n) is 5.02. The molecule has 0 saturated carbocycles. The zero-order valence-corrected chi connectivity index (χ0v) is 16.0. The van der Waals surface area contributed by atoms with Crippen molar-refractivity contribution in [3.8, 4) is 17.1 Å². The van der Waals surface area contributed by atoms with Crippen LogP contribution in [0.1, 0.15) is 35.7 Å². The molecule has 1 aliphatic heterocycles. The standard InChI is InChI=1S/C19H18ClN7/c1-11-7-22-26(8-11)13(3)18-23-19-15-6-14(20)4-5-16(15)25-10-21-12(2)17(25)9-27(19)24-18/h4-8,10,13H,9H2,1-3H3. The summed E-state index contributed by atoms with van der Waals surface area (Å²) in [7, 11) is 0. The van der Waals surface area contributed by atoms with Gasteiger partial charge in [0.25, 0.3) is 0 Å². The lowest BCUT2D eigenvalue weighted by Crippen LogP contribution is -2.11. The first-order chi connectivity index (χ1) is 13.0. The van der Waals surface area contributed by atoms with Gasteiger partial charge >= 0.3 is 0 Å². The smallest absolute Gasteiger partial charge is 0.175 e. The number of halogens is 1. The summed E-state index contributed by atoms with van der Waals surface area (Å²) in [5, 5.41) is 9.88. The van der Waals surface area contributed by atoms with Crippen LogP contribution in [0.3, 0.4) is 0 Å². The van der Waals surface area contributed by atoms with E-state index in [1.54, 1.807) is 0 Å². The van der Waals surface area contributed by atoms with Crippen LogP contribution in [0.5, 0.6) is 0 Å². The molecule has 4 aromatic rings. The van der Waals surface area contributed by atoms with Gasteiger partial charge in [-0.25, -0.2) is 14.6 Å². The summed E-state index contributed by atoms with van der Waals surface area (Å²) < 4.78 is 5.92. The number of benzene rings is 1. The van der Waals surface area contributed by atoms with E-state index in [1.807, 2.05) is 60.1 Å². The molecule has 0 N–H and O–H groups in total. The highest BCUT2D eigenvalue weighted by Gasteiger charge is 2.26. The molecule has 8 heteroatoms. The summed E-state index contributed by atoms with van der Waals surface area (Å²) >= 11 is 6.30. The van der Waals surface area contributed by atoms with Crippen molar-refractivity contribution in [3.63, 3.8) is 0 Å². The minimum absolute atomic E-state index is 0.0632. The topological polar surface area (TPSA) is 66.3 Å². The Morgan fingerprint density at radius 3 is 2.85 bits per heavy atom. The third kappa shape index (κ3) is 2.49. The molecule has 0 amide bonds. The Balaban J connectivity index is 1.70. The highest BCUT2D eigenvalue weighted by atomic mass is 35.5. The van der Waals surface area contributed by atoms with Crippen LogP contribution in [0.25, 0.3) is 17.1 Å². The monoisotopic (exact) mass is 379 g/mol. The van der Waals surface area contributed by atoms with E-state index in [9.17, 15) is 0 Å². The number of imidazole rings is 1. The van der Waals surface area contributed by atoms with E-state index < -0.39 is 0 Å². The maximum Gasteiger partial charge on any atom is 0.175 e. The largest absolute Gasteiger partial charge is 0.300 e. The Kier molecular flexibility index (Phi) is 3.48. The predicted molar refractivity (Wildman–Crippen MR) is 102 cm³/mol. The summed E-state index contributed by atoms with van der Waals surface area (Å²) in [4.78, 5) is 9.35. The molecule has 7 nitrogen and oxygen atoms in total. The molecule has 0 radical (unpaired) electrons. The number of hydrogen-bond acceptors (Lipinski definition) is 4. The van der Waals surface area contributed by atoms with E-state index in [4.69, 9.17) is 21.7 Å². The SMILES string of the molecule is Cc1cnn(C(C)c2nc3n(n2)Cc2c(C)ncn2-c2ccc(Cl)cc2-3)c1. The van der Waals surface area contributed by atoms with Gasteiger partial charge in [0.15, 0.2) is 11.6 Å². The molecule has 3 aromatic heterocycles. The average molecular weight is 380 g/mol. The lowest BCUT2D eigenvalue weighted by Gasteiger charge is -2.10. The summed E-state index contributed by atoms with van der Waals surface area (Å²) in [5.74, 6) is 1.53. The Morgan fingerprint density at radius 1 is 1.22 bits per heavy atom. The van der Waals surface area contributed by atoms with Crippen molar-refractivity contribution in [1.82, 2.24) is 34.1 Å². The molecule has 0 fully saturated rings. The van der Waals surface area contributed by atoms with E-state index in [-0.39, 0.29) is 6.04 Å². The maximum atomic E-state index is 6.30. The Labute approximate surface area is 161 Å². The molecule has 136 valence electrons. The fourth-order valence-corrected chi connectivity index (χ4v) is 3.68. The average Bonchev–Trinajstić information content (AvgIpc) is 3.33. The van der Waals surface area contributed by atoms with Gasteiger partial charge in [0.1, 0.15) is 6.04 Å². The second-order valence-corrected chi connectivity index (χ2v) is 7.37. The van der Waals surface area contributed by atoms with Crippen molar-refractivity contribution in [3.05, 3.63) is 64.7 Å². The van der Waals surface area contributed by atoms with E-state index in [0.717, 1.165) is 39.9 Å². The number of nitrogens with zero attached hydrogens (tertiary/aromatic N) is 7. The van der Waals surface area contributed by atoms with Crippen LogP contribution in [0.15, 0.2) is 36.9 Å². The fraction of sp³-hybridized carbons (Fsp3) is 0.263.